The number of nitrogens with one attached hydrogen (secondary N) is 2. The molecule has 0 aromatic carbocycles. The van der Waals surface area contributed by atoms with Crippen molar-refractivity contribution in [1.82, 2.24) is 10.2 Å². The highest BCUT2D eigenvalue weighted by atomic mass is 16.1. The Bertz CT molecular complexity index is 366. The molecule has 1 aliphatic rings. The van der Waals surface area contributed by atoms with Gasteiger partial charge in [0.25, 0.3) is 0 Å². The second-order valence-corrected chi connectivity index (χ2v) is 4.85. The number of carbonyl (C=O) groups excluding carboxylic acids is 1. The van der Waals surface area contributed by atoms with E-state index in [1.54, 1.807) is 0 Å². The van der Waals surface area contributed by atoms with E-state index >= 15 is 0 Å². The molecule has 0 radical (unpaired) electrons. The zero-order valence-corrected chi connectivity index (χ0v) is 10.5. The summed E-state index contributed by atoms with van der Waals surface area (Å²) in [5, 5.41) is 9.97. The van der Waals surface area contributed by atoms with E-state index in [1.165, 1.54) is 19.3 Å². The van der Waals surface area contributed by atoms with Gasteiger partial charge >= 0.3 is 0 Å². The van der Waals surface area contributed by atoms with Crippen LogP contribution in [0.1, 0.15) is 51.1 Å². The molecule has 0 unspecified atom stereocenters. The quantitative estimate of drug-likeness (QED) is 0.843. The maximum atomic E-state index is 12.0. The van der Waals surface area contributed by atoms with E-state index < -0.39 is 0 Å². The van der Waals surface area contributed by atoms with Crippen molar-refractivity contribution in [3.8, 4) is 0 Å². The number of anilines is 1. The lowest BCUT2D eigenvalue weighted by molar-refractivity contribution is -0.120. The average molecular weight is 235 g/mol. The van der Waals surface area contributed by atoms with Crippen molar-refractivity contribution in [1.29, 1.82) is 0 Å². The van der Waals surface area contributed by atoms with Gasteiger partial charge < -0.3 is 5.32 Å². The third-order valence-electron chi connectivity index (χ3n) is 3.38. The van der Waals surface area contributed by atoms with Gasteiger partial charge in [-0.1, -0.05) is 32.6 Å². The molecule has 17 heavy (non-hydrogen) atoms. The van der Waals surface area contributed by atoms with E-state index in [1.807, 2.05) is 6.07 Å². The lowest BCUT2D eigenvalue weighted by Gasteiger charge is -2.19. The van der Waals surface area contributed by atoms with Crippen LogP contribution in [0.25, 0.3) is 0 Å². The number of hydrogen-bond donors (Lipinski definition) is 2. The molecule has 1 fully saturated rings. The van der Waals surface area contributed by atoms with Crippen LogP contribution in [0.15, 0.2) is 6.07 Å². The van der Waals surface area contributed by atoms with Crippen molar-refractivity contribution in [2.45, 2.75) is 51.9 Å². The average Bonchev–Trinajstić information content (AvgIpc) is 2.78. The summed E-state index contributed by atoms with van der Waals surface area (Å²) in [5.74, 6) is 0.998. The lowest BCUT2D eigenvalue weighted by Crippen LogP contribution is -2.24. The highest BCUT2D eigenvalue weighted by Crippen LogP contribution is 2.24. The second-order valence-electron chi connectivity index (χ2n) is 4.85. The van der Waals surface area contributed by atoms with Crippen LogP contribution in [-0.4, -0.2) is 16.1 Å². The van der Waals surface area contributed by atoms with Crippen LogP contribution in [0.2, 0.25) is 0 Å². The molecule has 1 heterocycles. The molecular formula is C13H21N3O. The van der Waals surface area contributed by atoms with Gasteiger partial charge in [0.2, 0.25) is 5.91 Å². The third-order valence-corrected chi connectivity index (χ3v) is 3.38. The van der Waals surface area contributed by atoms with Crippen molar-refractivity contribution in [2.75, 3.05) is 5.32 Å². The van der Waals surface area contributed by atoms with Gasteiger partial charge in [-0.05, 0) is 19.3 Å². The number of aromatic amines is 1. The zero-order valence-electron chi connectivity index (χ0n) is 10.5. The summed E-state index contributed by atoms with van der Waals surface area (Å²) in [6.07, 6.45) is 7.74. The Morgan fingerprint density at radius 2 is 2.24 bits per heavy atom. The summed E-state index contributed by atoms with van der Waals surface area (Å²) in [4.78, 5) is 12.0. The van der Waals surface area contributed by atoms with Gasteiger partial charge in [0.1, 0.15) is 0 Å². The molecule has 1 saturated carbocycles. The highest BCUT2D eigenvalue weighted by Gasteiger charge is 2.21. The van der Waals surface area contributed by atoms with Gasteiger partial charge in [0, 0.05) is 17.7 Å². The Kier molecular flexibility index (Phi) is 4.18. The van der Waals surface area contributed by atoms with E-state index in [9.17, 15) is 4.79 Å². The smallest absolute Gasteiger partial charge is 0.228 e. The van der Waals surface area contributed by atoms with Gasteiger partial charge in [0.05, 0.1) is 0 Å². The molecule has 0 bridgehead atoms. The van der Waals surface area contributed by atoms with E-state index in [0.717, 1.165) is 31.4 Å². The predicted octanol–water partition coefficient (Wildman–Crippen LogP) is 2.88. The second kappa shape index (κ2) is 5.84. The summed E-state index contributed by atoms with van der Waals surface area (Å²) in [7, 11) is 0. The van der Waals surface area contributed by atoms with Gasteiger partial charge in [0.15, 0.2) is 5.82 Å². The molecule has 4 heteroatoms. The van der Waals surface area contributed by atoms with Crippen LogP contribution in [0.3, 0.4) is 0 Å². The Morgan fingerprint density at radius 1 is 1.47 bits per heavy atom. The van der Waals surface area contributed by atoms with Crippen LogP contribution in [0.4, 0.5) is 5.82 Å². The molecule has 0 saturated heterocycles. The van der Waals surface area contributed by atoms with Gasteiger partial charge in [-0.25, -0.2) is 0 Å². The Hall–Kier alpha value is -1.32. The molecular weight excluding hydrogens is 214 g/mol. The minimum Gasteiger partial charge on any atom is -0.309 e. The molecule has 1 aromatic heterocycles. The number of aryl methyl sites for hydroxylation is 1. The highest BCUT2D eigenvalue weighted by molar-refractivity contribution is 5.91. The standard InChI is InChI=1S/C13H21N3O/c1-2-6-11-9-12(16-15-11)14-13(17)10-7-4-3-5-8-10/h9-10H,2-8H2,1H3,(H2,14,15,16,17). The predicted molar refractivity (Wildman–Crippen MR) is 67.8 cm³/mol. The van der Waals surface area contributed by atoms with Crippen LogP contribution in [0.5, 0.6) is 0 Å². The maximum Gasteiger partial charge on any atom is 0.228 e. The molecule has 2 N–H and O–H groups in total. The van der Waals surface area contributed by atoms with Crippen molar-refractivity contribution >= 4 is 11.7 Å². The molecule has 0 atom stereocenters. The maximum absolute atomic E-state index is 12.0. The van der Waals surface area contributed by atoms with Crippen molar-refractivity contribution < 1.29 is 4.79 Å². The summed E-state index contributed by atoms with van der Waals surface area (Å²) in [5.41, 5.74) is 1.09. The molecule has 1 aliphatic carbocycles. The molecule has 2 rings (SSSR count). The molecule has 0 spiro atoms. The fourth-order valence-electron chi connectivity index (χ4n) is 2.42. The van der Waals surface area contributed by atoms with Crippen LogP contribution in [0, 0.1) is 5.92 Å². The van der Waals surface area contributed by atoms with Gasteiger partial charge in [-0.3, -0.25) is 9.89 Å². The molecule has 4 nitrogen and oxygen atoms in total. The number of amides is 1. The monoisotopic (exact) mass is 235 g/mol. The van der Waals surface area contributed by atoms with Crippen LogP contribution in [-0.2, 0) is 11.2 Å². The summed E-state index contributed by atoms with van der Waals surface area (Å²) < 4.78 is 0. The lowest BCUT2D eigenvalue weighted by atomic mass is 9.89. The third kappa shape index (κ3) is 3.32. The number of H-pyrrole nitrogens is 1. The van der Waals surface area contributed by atoms with E-state index in [4.69, 9.17) is 0 Å². The van der Waals surface area contributed by atoms with Gasteiger partial charge in [-0.2, -0.15) is 5.10 Å². The molecule has 94 valence electrons. The zero-order chi connectivity index (χ0) is 12.1. The van der Waals surface area contributed by atoms with Crippen molar-refractivity contribution in [2.24, 2.45) is 5.92 Å². The molecule has 1 aromatic rings. The molecule has 1 amide bonds. The Morgan fingerprint density at radius 3 is 2.94 bits per heavy atom. The number of carbonyl (C=O) groups is 1. The Labute approximate surface area is 102 Å². The normalized spacial score (nSPS) is 17.0. The summed E-state index contributed by atoms with van der Waals surface area (Å²) >= 11 is 0. The van der Waals surface area contributed by atoms with Crippen LogP contribution >= 0.6 is 0 Å². The number of nitrogens with zero attached hydrogens (tertiary/aromatic N) is 1. The fourth-order valence-corrected chi connectivity index (χ4v) is 2.42. The minimum absolute atomic E-state index is 0.138. The van der Waals surface area contributed by atoms with E-state index in [0.29, 0.717) is 5.82 Å². The first-order valence-corrected chi connectivity index (χ1v) is 6.64. The first-order chi connectivity index (χ1) is 8.29. The van der Waals surface area contributed by atoms with Gasteiger partial charge in [-0.15, -0.1) is 0 Å². The van der Waals surface area contributed by atoms with Crippen molar-refractivity contribution in [3.05, 3.63) is 11.8 Å². The first kappa shape index (κ1) is 12.1. The summed E-state index contributed by atoms with van der Waals surface area (Å²) in [6, 6.07) is 1.93. The number of aromatic nitrogens is 2. The Balaban J connectivity index is 1.88. The van der Waals surface area contributed by atoms with Crippen molar-refractivity contribution in [3.63, 3.8) is 0 Å². The summed E-state index contributed by atoms with van der Waals surface area (Å²) in [6.45, 7) is 2.13. The van der Waals surface area contributed by atoms with Crippen LogP contribution < -0.4 is 5.32 Å². The SMILES string of the molecule is CCCc1cc(NC(=O)C2CCCCC2)n[nH]1. The van der Waals surface area contributed by atoms with E-state index in [2.05, 4.69) is 22.4 Å². The largest absolute Gasteiger partial charge is 0.309 e. The first-order valence-electron chi connectivity index (χ1n) is 6.64. The minimum atomic E-state index is 0.138. The van der Waals surface area contributed by atoms with E-state index in [-0.39, 0.29) is 11.8 Å². The fraction of sp³-hybridized carbons (Fsp3) is 0.692. The number of hydrogen-bond acceptors (Lipinski definition) is 2. The topological polar surface area (TPSA) is 57.8 Å². The molecule has 0 aliphatic heterocycles. The number of rotatable bonds is 4.